The first-order valence-corrected chi connectivity index (χ1v) is 10.2. The first kappa shape index (κ1) is 23.3. The molecule has 2 N–H and O–H groups in total. The molecule has 0 saturated heterocycles. The standard InChI is InChI=1S/C24H31NO5/c1-24(2,3)30-22(26)17-29-21-10-7-9-18(16-21)8-5-4-6-15-25-20-13-11-19(12-14-20)23(27)28/h7,9-14,16,25H,4-6,8,15,17H2,1-3H3,(H,27,28). The number of hydrogen-bond donors (Lipinski definition) is 2. The van der Waals surface area contributed by atoms with E-state index in [0.29, 0.717) is 5.75 Å². The zero-order valence-corrected chi connectivity index (χ0v) is 17.9. The summed E-state index contributed by atoms with van der Waals surface area (Å²) in [5, 5.41) is 12.2. The van der Waals surface area contributed by atoms with Crippen molar-refractivity contribution in [1.82, 2.24) is 0 Å². The van der Waals surface area contributed by atoms with Crippen LogP contribution in [0, 0.1) is 0 Å². The Morgan fingerprint density at radius 3 is 2.40 bits per heavy atom. The van der Waals surface area contributed by atoms with Gasteiger partial charge in [-0.25, -0.2) is 9.59 Å². The van der Waals surface area contributed by atoms with Crippen LogP contribution in [0.4, 0.5) is 5.69 Å². The van der Waals surface area contributed by atoms with Gasteiger partial charge < -0.3 is 19.9 Å². The fourth-order valence-electron chi connectivity index (χ4n) is 2.90. The molecule has 30 heavy (non-hydrogen) atoms. The molecule has 2 rings (SSSR count). The van der Waals surface area contributed by atoms with Crippen LogP contribution in [-0.4, -0.2) is 35.8 Å². The number of aryl methyl sites for hydroxylation is 1. The van der Waals surface area contributed by atoms with Crippen molar-refractivity contribution >= 4 is 17.6 Å². The molecule has 0 bridgehead atoms. The van der Waals surface area contributed by atoms with E-state index in [-0.39, 0.29) is 18.1 Å². The van der Waals surface area contributed by atoms with Crippen molar-refractivity contribution < 1.29 is 24.2 Å². The van der Waals surface area contributed by atoms with E-state index >= 15 is 0 Å². The first-order valence-electron chi connectivity index (χ1n) is 10.2. The number of ether oxygens (including phenoxy) is 2. The molecule has 2 aromatic rings. The van der Waals surface area contributed by atoms with E-state index in [1.807, 2.05) is 39.0 Å². The summed E-state index contributed by atoms with van der Waals surface area (Å²) in [6.45, 7) is 6.23. The Labute approximate surface area is 178 Å². The Morgan fingerprint density at radius 1 is 1.00 bits per heavy atom. The largest absolute Gasteiger partial charge is 0.482 e. The number of benzene rings is 2. The molecule has 0 aliphatic heterocycles. The van der Waals surface area contributed by atoms with E-state index in [1.54, 1.807) is 24.3 Å². The Bertz CT molecular complexity index is 824. The number of aromatic carboxylic acids is 1. The average Bonchev–Trinajstić information content (AvgIpc) is 2.68. The van der Waals surface area contributed by atoms with Crippen molar-refractivity contribution in [1.29, 1.82) is 0 Å². The number of carbonyl (C=O) groups is 2. The van der Waals surface area contributed by atoms with E-state index in [0.717, 1.165) is 37.9 Å². The normalized spacial score (nSPS) is 11.0. The Kier molecular flexibility index (Phi) is 8.71. The third-order valence-corrected chi connectivity index (χ3v) is 4.28. The number of rotatable bonds is 11. The number of nitrogens with one attached hydrogen (secondary N) is 1. The number of hydrogen-bond acceptors (Lipinski definition) is 5. The second-order valence-electron chi connectivity index (χ2n) is 8.14. The van der Waals surface area contributed by atoms with Gasteiger partial charge in [0.1, 0.15) is 11.4 Å². The molecule has 0 aliphatic rings. The monoisotopic (exact) mass is 413 g/mol. The number of unbranched alkanes of at least 4 members (excludes halogenated alkanes) is 2. The molecule has 0 heterocycles. The molecule has 0 spiro atoms. The highest BCUT2D eigenvalue weighted by atomic mass is 16.6. The molecule has 0 atom stereocenters. The predicted octanol–water partition coefficient (Wildman–Crippen LogP) is 4.93. The van der Waals surface area contributed by atoms with Crippen molar-refractivity contribution in [3.63, 3.8) is 0 Å². The van der Waals surface area contributed by atoms with E-state index in [9.17, 15) is 9.59 Å². The highest BCUT2D eigenvalue weighted by molar-refractivity contribution is 5.87. The van der Waals surface area contributed by atoms with E-state index in [1.165, 1.54) is 5.56 Å². The van der Waals surface area contributed by atoms with E-state index < -0.39 is 11.6 Å². The number of esters is 1. The number of carboxylic acids is 1. The summed E-state index contributed by atoms with van der Waals surface area (Å²) in [4.78, 5) is 22.6. The summed E-state index contributed by atoms with van der Waals surface area (Å²) >= 11 is 0. The predicted molar refractivity (Wildman–Crippen MR) is 117 cm³/mol. The van der Waals surface area contributed by atoms with Gasteiger partial charge in [-0.15, -0.1) is 0 Å². The average molecular weight is 414 g/mol. The van der Waals surface area contributed by atoms with Gasteiger partial charge in [0.2, 0.25) is 0 Å². The molecule has 0 aromatic heterocycles. The summed E-state index contributed by atoms with van der Waals surface area (Å²) in [5.41, 5.74) is 1.88. The highest BCUT2D eigenvalue weighted by Crippen LogP contribution is 2.17. The quantitative estimate of drug-likeness (QED) is 0.401. The van der Waals surface area contributed by atoms with Crippen molar-refractivity contribution in [2.24, 2.45) is 0 Å². The molecule has 0 aliphatic carbocycles. The maximum absolute atomic E-state index is 11.8. The van der Waals surface area contributed by atoms with Crippen molar-refractivity contribution in [3.05, 3.63) is 59.7 Å². The van der Waals surface area contributed by atoms with Gasteiger partial charge in [-0.05, 0) is 82.0 Å². The molecule has 0 unspecified atom stereocenters. The summed E-state index contributed by atoms with van der Waals surface area (Å²) in [7, 11) is 0. The lowest BCUT2D eigenvalue weighted by Gasteiger charge is -2.19. The van der Waals surface area contributed by atoms with Gasteiger partial charge in [0, 0.05) is 12.2 Å². The molecule has 0 radical (unpaired) electrons. The zero-order valence-electron chi connectivity index (χ0n) is 17.9. The SMILES string of the molecule is CC(C)(C)OC(=O)COc1cccc(CCCCCNc2ccc(C(=O)O)cc2)c1. The number of carbonyl (C=O) groups excluding carboxylic acids is 1. The van der Waals surface area contributed by atoms with Crippen molar-refractivity contribution in [2.75, 3.05) is 18.5 Å². The topological polar surface area (TPSA) is 84.9 Å². The third kappa shape index (κ3) is 8.99. The van der Waals surface area contributed by atoms with E-state index in [2.05, 4.69) is 11.4 Å². The van der Waals surface area contributed by atoms with Gasteiger partial charge in [-0.2, -0.15) is 0 Å². The molecule has 6 heteroatoms. The van der Waals surface area contributed by atoms with Crippen LogP contribution in [0.1, 0.15) is 56.0 Å². The lowest BCUT2D eigenvalue weighted by Crippen LogP contribution is -2.27. The van der Waals surface area contributed by atoms with Crippen molar-refractivity contribution in [3.8, 4) is 5.75 Å². The van der Waals surface area contributed by atoms with Gasteiger partial charge in [0.05, 0.1) is 5.56 Å². The molecular formula is C24H31NO5. The van der Waals surface area contributed by atoms with Gasteiger partial charge >= 0.3 is 11.9 Å². The lowest BCUT2D eigenvalue weighted by molar-refractivity contribution is -0.157. The van der Waals surface area contributed by atoms with Crippen LogP contribution in [0.15, 0.2) is 48.5 Å². The van der Waals surface area contributed by atoms with E-state index in [4.69, 9.17) is 14.6 Å². The lowest BCUT2D eigenvalue weighted by atomic mass is 10.1. The fraction of sp³-hybridized carbons (Fsp3) is 0.417. The van der Waals surface area contributed by atoms with Crippen LogP contribution in [0.25, 0.3) is 0 Å². The zero-order chi connectivity index (χ0) is 22.0. The summed E-state index contributed by atoms with van der Waals surface area (Å²) in [6.07, 6.45) is 4.09. The molecule has 0 saturated carbocycles. The first-order chi connectivity index (χ1) is 14.2. The minimum Gasteiger partial charge on any atom is -0.482 e. The number of anilines is 1. The van der Waals surface area contributed by atoms with Crippen LogP contribution in [0.2, 0.25) is 0 Å². The molecular weight excluding hydrogens is 382 g/mol. The minimum atomic E-state index is -0.916. The maximum atomic E-state index is 11.8. The van der Waals surface area contributed by atoms with Crippen LogP contribution >= 0.6 is 0 Å². The smallest absolute Gasteiger partial charge is 0.344 e. The summed E-state index contributed by atoms with van der Waals surface area (Å²) < 4.78 is 10.8. The Hall–Kier alpha value is -3.02. The van der Waals surface area contributed by atoms with Gasteiger partial charge in [-0.3, -0.25) is 0 Å². The number of carboxylic acid groups (broad SMARTS) is 1. The Morgan fingerprint density at radius 2 is 1.73 bits per heavy atom. The molecule has 162 valence electrons. The highest BCUT2D eigenvalue weighted by Gasteiger charge is 2.16. The van der Waals surface area contributed by atoms with Crippen molar-refractivity contribution in [2.45, 2.75) is 52.1 Å². The molecule has 6 nitrogen and oxygen atoms in total. The fourth-order valence-corrected chi connectivity index (χ4v) is 2.90. The van der Waals surface area contributed by atoms with Crippen LogP contribution < -0.4 is 10.1 Å². The second-order valence-corrected chi connectivity index (χ2v) is 8.14. The molecule has 2 aromatic carbocycles. The third-order valence-electron chi connectivity index (χ3n) is 4.28. The van der Waals surface area contributed by atoms with Gasteiger partial charge in [0.15, 0.2) is 6.61 Å². The second kappa shape index (κ2) is 11.2. The minimum absolute atomic E-state index is 0.0974. The van der Waals surface area contributed by atoms with Gasteiger partial charge in [0.25, 0.3) is 0 Å². The Balaban J connectivity index is 1.64. The van der Waals surface area contributed by atoms with Crippen LogP contribution in [0.3, 0.4) is 0 Å². The summed E-state index contributed by atoms with van der Waals surface area (Å²) in [6, 6.07) is 14.6. The van der Waals surface area contributed by atoms with Crippen LogP contribution in [0.5, 0.6) is 5.75 Å². The van der Waals surface area contributed by atoms with Gasteiger partial charge in [-0.1, -0.05) is 18.6 Å². The maximum Gasteiger partial charge on any atom is 0.344 e. The molecule has 0 fully saturated rings. The molecule has 0 amide bonds. The summed E-state index contributed by atoms with van der Waals surface area (Å²) in [5.74, 6) is -0.622. The van der Waals surface area contributed by atoms with Crippen LogP contribution in [-0.2, 0) is 16.0 Å².